The third-order valence-corrected chi connectivity index (χ3v) is 3.60. The van der Waals surface area contributed by atoms with Crippen LogP contribution in [0.5, 0.6) is 0 Å². The van der Waals surface area contributed by atoms with E-state index in [0.29, 0.717) is 23.0 Å². The Bertz CT molecular complexity index is 923. The maximum Gasteiger partial charge on any atom is 0.324 e. The fraction of sp³-hybridized carbons (Fsp3) is 0.222. The van der Waals surface area contributed by atoms with Crippen molar-refractivity contribution in [1.29, 1.82) is 0 Å². The number of H-pyrrole nitrogens is 1. The smallest absolute Gasteiger partial charge is 0.324 e. The van der Waals surface area contributed by atoms with Crippen LogP contribution in [0.2, 0.25) is 0 Å². The number of anilines is 3. The van der Waals surface area contributed by atoms with Crippen LogP contribution in [-0.2, 0) is 5.41 Å². The molecular formula is C18H20N6O3. The number of nitrogens with one attached hydrogen (secondary N) is 4. The lowest BCUT2D eigenvalue weighted by Gasteiger charge is -2.12. The Morgan fingerprint density at radius 1 is 1.04 bits per heavy atom. The van der Waals surface area contributed by atoms with E-state index in [4.69, 9.17) is 4.52 Å². The van der Waals surface area contributed by atoms with Crippen molar-refractivity contribution >= 4 is 29.1 Å². The summed E-state index contributed by atoms with van der Waals surface area (Å²) in [7, 11) is 0. The molecule has 0 atom stereocenters. The van der Waals surface area contributed by atoms with Crippen molar-refractivity contribution in [1.82, 2.24) is 15.1 Å². The summed E-state index contributed by atoms with van der Waals surface area (Å²) in [6.45, 7) is 5.97. The number of urea groups is 1. The van der Waals surface area contributed by atoms with Gasteiger partial charge in [-0.3, -0.25) is 10.1 Å². The largest absolute Gasteiger partial charge is 0.359 e. The molecule has 3 amide bonds. The molecule has 4 N–H and O–H groups in total. The normalized spacial score (nSPS) is 11.1. The van der Waals surface area contributed by atoms with Crippen molar-refractivity contribution in [3.63, 3.8) is 0 Å². The number of nitrogens with zero attached hydrogens (tertiary/aromatic N) is 2. The molecule has 0 aliphatic carbocycles. The third-order valence-electron chi connectivity index (χ3n) is 3.60. The zero-order valence-electron chi connectivity index (χ0n) is 15.2. The van der Waals surface area contributed by atoms with Gasteiger partial charge in [-0.05, 0) is 24.3 Å². The van der Waals surface area contributed by atoms with Crippen LogP contribution in [0.15, 0.2) is 47.2 Å². The Labute approximate surface area is 155 Å². The van der Waals surface area contributed by atoms with E-state index in [1.165, 1.54) is 6.20 Å². The highest BCUT2D eigenvalue weighted by atomic mass is 16.5. The maximum absolute atomic E-state index is 12.1. The van der Waals surface area contributed by atoms with Crippen LogP contribution in [-0.4, -0.2) is 27.1 Å². The summed E-state index contributed by atoms with van der Waals surface area (Å²) in [4.78, 5) is 30.6. The number of imidazole rings is 1. The molecule has 1 aromatic carbocycles. The predicted octanol–water partition coefficient (Wildman–Crippen LogP) is 3.59. The first-order valence-electron chi connectivity index (χ1n) is 8.27. The highest BCUT2D eigenvalue weighted by Crippen LogP contribution is 2.24. The molecule has 9 nitrogen and oxygen atoms in total. The SMILES string of the molecule is CC(C)(C)c1cc(NC(=O)Nc2ccc(NC(=O)c3ncc[nH]3)cc2)no1. The number of hydrogen-bond donors (Lipinski definition) is 4. The quantitative estimate of drug-likeness (QED) is 0.560. The van der Waals surface area contributed by atoms with E-state index < -0.39 is 6.03 Å². The molecule has 0 radical (unpaired) electrons. The molecule has 27 heavy (non-hydrogen) atoms. The van der Waals surface area contributed by atoms with Crippen LogP contribution in [0.1, 0.15) is 37.2 Å². The van der Waals surface area contributed by atoms with Crippen LogP contribution in [0.3, 0.4) is 0 Å². The Hall–Kier alpha value is -3.62. The number of amides is 3. The van der Waals surface area contributed by atoms with Crippen LogP contribution >= 0.6 is 0 Å². The topological polar surface area (TPSA) is 125 Å². The zero-order valence-corrected chi connectivity index (χ0v) is 15.2. The standard InChI is InChI=1S/C18H20N6O3/c1-18(2,3)13-10-14(24-27-13)23-17(26)22-12-6-4-11(5-7-12)21-16(25)15-19-8-9-20-15/h4-10H,1-3H3,(H,19,20)(H,21,25)(H2,22,23,24,26). The summed E-state index contributed by atoms with van der Waals surface area (Å²) >= 11 is 0. The van der Waals surface area contributed by atoms with Crippen LogP contribution in [0.25, 0.3) is 0 Å². The second kappa shape index (κ2) is 7.32. The van der Waals surface area contributed by atoms with Crippen molar-refractivity contribution in [2.24, 2.45) is 0 Å². The van der Waals surface area contributed by atoms with Gasteiger partial charge in [0.1, 0.15) is 5.76 Å². The van der Waals surface area contributed by atoms with Crippen molar-refractivity contribution in [3.05, 3.63) is 54.3 Å². The van der Waals surface area contributed by atoms with E-state index in [1.54, 1.807) is 36.5 Å². The Morgan fingerprint density at radius 2 is 1.70 bits per heavy atom. The van der Waals surface area contributed by atoms with Gasteiger partial charge in [0.15, 0.2) is 11.6 Å². The average Bonchev–Trinajstić information content (AvgIpc) is 3.27. The first kappa shape index (κ1) is 18.2. The van der Waals surface area contributed by atoms with E-state index in [0.717, 1.165) is 0 Å². The Morgan fingerprint density at radius 3 is 2.26 bits per heavy atom. The Balaban J connectivity index is 1.55. The molecule has 9 heteroatoms. The monoisotopic (exact) mass is 368 g/mol. The van der Waals surface area contributed by atoms with Crippen LogP contribution < -0.4 is 16.0 Å². The first-order chi connectivity index (χ1) is 12.8. The average molecular weight is 368 g/mol. The fourth-order valence-corrected chi connectivity index (χ4v) is 2.18. The summed E-state index contributed by atoms with van der Waals surface area (Å²) in [5.41, 5.74) is 0.941. The molecule has 0 fully saturated rings. The summed E-state index contributed by atoms with van der Waals surface area (Å²) in [5, 5.41) is 11.8. The molecule has 2 aromatic heterocycles. The lowest BCUT2D eigenvalue weighted by Crippen LogP contribution is -2.19. The number of carbonyl (C=O) groups excluding carboxylic acids is 2. The van der Waals surface area contributed by atoms with Gasteiger partial charge in [-0.15, -0.1) is 0 Å². The van der Waals surface area contributed by atoms with Gasteiger partial charge in [0.25, 0.3) is 5.91 Å². The fourth-order valence-electron chi connectivity index (χ4n) is 2.18. The number of benzene rings is 1. The van der Waals surface area contributed by atoms with Crippen molar-refractivity contribution in [3.8, 4) is 0 Å². The third kappa shape index (κ3) is 4.72. The lowest BCUT2D eigenvalue weighted by molar-refractivity contribution is 0.101. The molecular weight excluding hydrogens is 348 g/mol. The zero-order chi connectivity index (χ0) is 19.4. The van der Waals surface area contributed by atoms with Gasteiger partial charge in [0.05, 0.1) is 0 Å². The summed E-state index contributed by atoms with van der Waals surface area (Å²) in [6, 6.07) is 7.92. The Kier molecular flexibility index (Phi) is 4.93. The molecule has 0 aliphatic heterocycles. The minimum absolute atomic E-state index is 0.195. The minimum Gasteiger partial charge on any atom is -0.359 e. The van der Waals surface area contributed by atoms with Gasteiger partial charge >= 0.3 is 6.03 Å². The number of carbonyl (C=O) groups is 2. The van der Waals surface area contributed by atoms with E-state index in [1.807, 2.05) is 20.8 Å². The molecule has 0 unspecified atom stereocenters. The second-order valence-corrected chi connectivity index (χ2v) is 6.87. The summed E-state index contributed by atoms with van der Waals surface area (Å²) < 4.78 is 5.22. The molecule has 0 bridgehead atoms. The molecule has 2 heterocycles. The summed E-state index contributed by atoms with van der Waals surface area (Å²) in [5.74, 6) is 0.882. The number of aromatic nitrogens is 3. The van der Waals surface area contributed by atoms with Gasteiger partial charge in [-0.2, -0.15) is 0 Å². The molecule has 0 saturated carbocycles. The van der Waals surface area contributed by atoms with Gasteiger partial charge < -0.3 is 20.1 Å². The molecule has 0 saturated heterocycles. The van der Waals surface area contributed by atoms with Crippen LogP contribution in [0.4, 0.5) is 22.0 Å². The highest BCUT2D eigenvalue weighted by molar-refractivity contribution is 6.02. The molecule has 3 aromatic rings. The van der Waals surface area contributed by atoms with Crippen molar-refractivity contribution in [2.45, 2.75) is 26.2 Å². The van der Waals surface area contributed by atoms with Gasteiger partial charge in [0, 0.05) is 35.2 Å². The lowest BCUT2D eigenvalue weighted by atomic mass is 9.93. The van der Waals surface area contributed by atoms with E-state index in [-0.39, 0.29) is 17.1 Å². The van der Waals surface area contributed by atoms with Gasteiger partial charge in [0.2, 0.25) is 0 Å². The highest BCUT2D eigenvalue weighted by Gasteiger charge is 2.20. The summed E-state index contributed by atoms with van der Waals surface area (Å²) in [6.07, 6.45) is 3.07. The van der Waals surface area contributed by atoms with Crippen molar-refractivity contribution < 1.29 is 14.1 Å². The first-order valence-corrected chi connectivity index (χ1v) is 8.27. The molecule has 0 spiro atoms. The van der Waals surface area contributed by atoms with Crippen molar-refractivity contribution in [2.75, 3.05) is 16.0 Å². The molecule has 140 valence electrons. The molecule has 0 aliphatic rings. The number of hydrogen-bond acceptors (Lipinski definition) is 5. The molecule has 3 rings (SSSR count). The van der Waals surface area contributed by atoms with Crippen LogP contribution in [0, 0.1) is 0 Å². The number of rotatable bonds is 4. The maximum atomic E-state index is 12.1. The van der Waals surface area contributed by atoms with E-state index >= 15 is 0 Å². The predicted molar refractivity (Wildman–Crippen MR) is 101 cm³/mol. The second-order valence-electron chi connectivity index (χ2n) is 6.87. The minimum atomic E-state index is -0.448. The van der Waals surface area contributed by atoms with Gasteiger partial charge in [-0.25, -0.2) is 9.78 Å². The van der Waals surface area contributed by atoms with E-state index in [9.17, 15) is 9.59 Å². The van der Waals surface area contributed by atoms with E-state index in [2.05, 4.69) is 31.1 Å². The van der Waals surface area contributed by atoms with Gasteiger partial charge in [-0.1, -0.05) is 25.9 Å². The number of aromatic amines is 1.